The first kappa shape index (κ1) is 20.5. The maximum atomic E-state index is 13.1. The van der Waals surface area contributed by atoms with E-state index in [-0.39, 0.29) is 16.2 Å². The predicted molar refractivity (Wildman–Crippen MR) is 115 cm³/mol. The summed E-state index contributed by atoms with van der Waals surface area (Å²) in [6, 6.07) is 5.22. The number of nitrogens with one attached hydrogen (secondary N) is 1. The molecule has 6 rings (SSSR count). The SMILES string of the molecule is Cc1ccc(NC(=O)CC23CC4CC(CC(C4)C2)C3)cc1S(=O)(=O)N1CCOCC1. The van der Waals surface area contributed by atoms with Crippen LogP contribution in [0.2, 0.25) is 0 Å². The molecule has 1 aliphatic heterocycles. The van der Waals surface area contributed by atoms with Crippen molar-refractivity contribution in [3.05, 3.63) is 23.8 Å². The minimum absolute atomic E-state index is 0.0236. The molecule has 1 aromatic carbocycles. The molecule has 0 unspecified atom stereocenters. The van der Waals surface area contributed by atoms with Crippen LogP contribution in [0.25, 0.3) is 0 Å². The molecule has 0 aromatic heterocycles. The van der Waals surface area contributed by atoms with Gasteiger partial charge in [-0.15, -0.1) is 0 Å². The van der Waals surface area contributed by atoms with Gasteiger partial charge < -0.3 is 10.1 Å². The number of benzene rings is 1. The maximum absolute atomic E-state index is 13.1. The molecule has 4 aliphatic carbocycles. The van der Waals surface area contributed by atoms with Crippen LogP contribution in [0.15, 0.2) is 23.1 Å². The molecule has 0 spiro atoms. The number of aryl methyl sites for hydroxylation is 1. The molecule has 164 valence electrons. The van der Waals surface area contributed by atoms with Gasteiger partial charge in [-0.1, -0.05) is 6.07 Å². The molecule has 1 N–H and O–H groups in total. The Hall–Kier alpha value is -1.44. The largest absolute Gasteiger partial charge is 0.379 e. The fourth-order valence-electron chi connectivity index (χ4n) is 6.93. The Morgan fingerprint density at radius 1 is 1.10 bits per heavy atom. The molecular weight excluding hydrogens is 400 g/mol. The summed E-state index contributed by atoms with van der Waals surface area (Å²) in [5.41, 5.74) is 1.44. The molecule has 5 fully saturated rings. The second-order valence-corrected chi connectivity index (χ2v) is 12.0. The first-order valence-corrected chi connectivity index (χ1v) is 12.8. The lowest BCUT2D eigenvalue weighted by atomic mass is 9.49. The van der Waals surface area contributed by atoms with Gasteiger partial charge in [0.15, 0.2) is 0 Å². The van der Waals surface area contributed by atoms with Crippen molar-refractivity contribution in [1.29, 1.82) is 0 Å². The van der Waals surface area contributed by atoms with E-state index in [9.17, 15) is 13.2 Å². The van der Waals surface area contributed by atoms with Crippen LogP contribution >= 0.6 is 0 Å². The molecule has 0 atom stereocenters. The van der Waals surface area contributed by atoms with Crippen LogP contribution in [-0.2, 0) is 19.6 Å². The van der Waals surface area contributed by atoms with Crippen LogP contribution in [-0.4, -0.2) is 44.9 Å². The predicted octanol–water partition coefficient (Wildman–Crippen LogP) is 3.56. The van der Waals surface area contributed by atoms with Crippen LogP contribution in [0.3, 0.4) is 0 Å². The first-order valence-electron chi connectivity index (χ1n) is 11.3. The van der Waals surface area contributed by atoms with Gasteiger partial charge in [0.1, 0.15) is 0 Å². The summed E-state index contributed by atoms with van der Waals surface area (Å²) >= 11 is 0. The van der Waals surface area contributed by atoms with Crippen LogP contribution < -0.4 is 5.32 Å². The number of amides is 1. The van der Waals surface area contributed by atoms with Crippen molar-refractivity contribution in [2.24, 2.45) is 23.2 Å². The number of carbonyl (C=O) groups is 1. The highest BCUT2D eigenvalue weighted by Gasteiger charge is 2.51. The highest BCUT2D eigenvalue weighted by Crippen LogP contribution is 2.61. The van der Waals surface area contributed by atoms with Crippen molar-refractivity contribution < 1.29 is 17.9 Å². The summed E-state index contributed by atoms with van der Waals surface area (Å²) in [7, 11) is -3.59. The highest BCUT2D eigenvalue weighted by molar-refractivity contribution is 7.89. The van der Waals surface area contributed by atoms with E-state index in [1.54, 1.807) is 19.1 Å². The number of sulfonamides is 1. The highest BCUT2D eigenvalue weighted by atomic mass is 32.2. The first-order chi connectivity index (χ1) is 14.3. The monoisotopic (exact) mass is 432 g/mol. The fraction of sp³-hybridized carbons (Fsp3) is 0.696. The molecule has 1 amide bonds. The minimum atomic E-state index is -3.59. The molecule has 1 saturated heterocycles. The van der Waals surface area contributed by atoms with E-state index in [2.05, 4.69) is 5.32 Å². The number of hydrogen-bond donors (Lipinski definition) is 1. The Morgan fingerprint density at radius 2 is 1.70 bits per heavy atom. The van der Waals surface area contributed by atoms with Gasteiger partial charge in [0.25, 0.3) is 0 Å². The summed E-state index contributed by atoms with van der Waals surface area (Å²) in [6.07, 6.45) is 8.23. The van der Waals surface area contributed by atoms with Gasteiger partial charge in [-0.2, -0.15) is 4.31 Å². The summed E-state index contributed by atoms with van der Waals surface area (Å²) in [4.78, 5) is 13.2. The molecular formula is C23H32N2O4S. The van der Waals surface area contributed by atoms with Gasteiger partial charge in [-0.3, -0.25) is 4.79 Å². The van der Waals surface area contributed by atoms with Gasteiger partial charge >= 0.3 is 0 Å². The van der Waals surface area contributed by atoms with Crippen molar-refractivity contribution in [2.75, 3.05) is 31.6 Å². The number of morpholine rings is 1. The number of hydrogen-bond acceptors (Lipinski definition) is 4. The lowest BCUT2D eigenvalue weighted by Crippen LogP contribution is -2.47. The number of anilines is 1. The van der Waals surface area contributed by atoms with E-state index in [0.29, 0.717) is 44.0 Å². The Kier molecular flexibility index (Phi) is 5.19. The van der Waals surface area contributed by atoms with Crippen molar-refractivity contribution in [2.45, 2.75) is 56.8 Å². The molecule has 7 heteroatoms. The van der Waals surface area contributed by atoms with Crippen LogP contribution in [0.5, 0.6) is 0 Å². The zero-order valence-electron chi connectivity index (χ0n) is 17.7. The summed E-state index contributed by atoms with van der Waals surface area (Å²) < 4.78 is 33.0. The normalized spacial score (nSPS) is 33.6. The second-order valence-electron chi connectivity index (χ2n) is 10.1. The molecule has 6 nitrogen and oxygen atoms in total. The van der Waals surface area contributed by atoms with E-state index in [4.69, 9.17) is 4.74 Å². The third kappa shape index (κ3) is 3.80. The topological polar surface area (TPSA) is 75.7 Å². The Labute approximate surface area is 179 Å². The molecule has 30 heavy (non-hydrogen) atoms. The standard InChI is InChI=1S/C23H32N2O4S/c1-16-2-3-20(11-21(16)30(27,28)25-4-6-29-7-5-25)24-22(26)15-23-12-17-8-18(13-23)10-19(9-17)14-23/h2-3,11,17-19H,4-10,12-15H2,1H3,(H,24,26). The molecule has 4 bridgehead atoms. The summed E-state index contributed by atoms with van der Waals surface area (Å²) in [6.45, 7) is 3.36. The smallest absolute Gasteiger partial charge is 0.243 e. The van der Waals surface area contributed by atoms with Crippen LogP contribution in [0.1, 0.15) is 50.5 Å². The van der Waals surface area contributed by atoms with Gasteiger partial charge in [0, 0.05) is 25.2 Å². The lowest BCUT2D eigenvalue weighted by Gasteiger charge is -2.56. The summed E-state index contributed by atoms with van der Waals surface area (Å²) in [5, 5.41) is 3.01. The Morgan fingerprint density at radius 3 is 2.30 bits per heavy atom. The number of nitrogens with zero attached hydrogens (tertiary/aromatic N) is 1. The zero-order chi connectivity index (χ0) is 20.9. The Balaban J connectivity index is 1.31. The third-order valence-corrected chi connectivity index (χ3v) is 9.80. The van der Waals surface area contributed by atoms with Crippen molar-refractivity contribution in [3.63, 3.8) is 0 Å². The second kappa shape index (κ2) is 7.61. The minimum Gasteiger partial charge on any atom is -0.379 e. The van der Waals surface area contributed by atoms with Gasteiger partial charge in [0.05, 0.1) is 18.1 Å². The lowest BCUT2D eigenvalue weighted by molar-refractivity contribution is -0.124. The summed E-state index contributed by atoms with van der Waals surface area (Å²) in [5.74, 6) is 2.46. The van der Waals surface area contributed by atoms with Gasteiger partial charge in [0.2, 0.25) is 15.9 Å². The third-order valence-electron chi connectivity index (χ3n) is 7.76. The van der Waals surface area contributed by atoms with E-state index in [1.807, 2.05) is 6.07 Å². The molecule has 1 aromatic rings. The molecule has 0 radical (unpaired) electrons. The van der Waals surface area contributed by atoms with Crippen molar-refractivity contribution in [3.8, 4) is 0 Å². The van der Waals surface area contributed by atoms with E-state index >= 15 is 0 Å². The fourth-order valence-corrected chi connectivity index (χ4v) is 8.59. The van der Waals surface area contributed by atoms with E-state index in [0.717, 1.165) is 17.8 Å². The van der Waals surface area contributed by atoms with Crippen LogP contribution in [0, 0.1) is 30.1 Å². The Bertz CT molecular complexity index is 901. The van der Waals surface area contributed by atoms with Crippen molar-refractivity contribution in [1.82, 2.24) is 4.31 Å². The molecule has 1 heterocycles. The number of rotatable bonds is 5. The van der Waals surface area contributed by atoms with Gasteiger partial charge in [-0.05, 0) is 86.3 Å². The van der Waals surface area contributed by atoms with E-state index < -0.39 is 10.0 Å². The van der Waals surface area contributed by atoms with Crippen LogP contribution in [0.4, 0.5) is 5.69 Å². The number of ether oxygens (including phenoxy) is 1. The quantitative estimate of drug-likeness (QED) is 0.772. The molecule has 5 aliphatic rings. The average Bonchev–Trinajstić information content (AvgIpc) is 2.68. The average molecular weight is 433 g/mol. The zero-order valence-corrected chi connectivity index (χ0v) is 18.5. The van der Waals surface area contributed by atoms with Crippen molar-refractivity contribution >= 4 is 21.6 Å². The maximum Gasteiger partial charge on any atom is 0.243 e. The van der Waals surface area contributed by atoms with E-state index in [1.165, 1.54) is 42.8 Å². The molecule has 4 saturated carbocycles. The van der Waals surface area contributed by atoms with Gasteiger partial charge in [-0.25, -0.2) is 8.42 Å². The number of carbonyl (C=O) groups excluding carboxylic acids is 1.